The molecule has 1 aromatic carbocycles. The summed E-state index contributed by atoms with van der Waals surface area (Å²) in [6.07, 6.45) is 4.02. The Morgan fingerprint density at radius 3 is 2.66 bits per heavy atom. The number of aryl methyl sites for hydroxylation is 1. The molecule has 0 aliphatic carbocycles. The van der Waals surface area contributed by atoms with Crippen LogP contribution in [0.4, 0.5) is 13.2 Å². The Labute approximate surface area is 254 Å². The Kier molecular flexibility index (Phi) is 8.65. The lowest BCUT2D eigenvalue weighted by Crippen LogP contribution is -2.46. The van der Waals surface area contributed by atoms with Gasteiger partial charge in [0.2, 0.25) is 0 Å². The van der Waals surface area contributed by atoms with Gasteiger partial charge in [0.25, 0.3) is 5.92 Å². The van der Waals surface area contributed by atoms with E-state index < -0.39 is 53.8 Å². The van der Waals surface area contributed by atoms with Crippen molar-refractivity contribution in [3.63, 3.8) is 0 Å². The molecule has 2 fully saturated rings. The highest BCUT2D eigenvalue weighted by molar-refractivity contribution is 6.02. The molecule has 4 heterocycles. The highest BCUT2D eigenvalue weighted by Crippen LogP contribution is 2.43. The first-order valence-corrected chi connectivity index (χ1v) is 14.8. The van der Waals surface area contributed by atoms with E-state index in [-0.39, 0.29) is 31.7 Å². The summed E-state index contributed by atoms with van der Waals surface area (Å²) >= 11 is 0. The van der Waals surface area contributed by atoms with E-state index in [0.717, 1.165) is 0 Å². The number of imidazole rings is 1. The Balaban J connectivity index is 1.52. The molecule has 2 N–H and O–H groups in total. The fourth-order valence-electron chi connectivity index (χ4n) is 6.43. The number of aliphatic carboxylic acids is 1. The van der Waals surface area contributed by atoms with Gasteiger partial charge in [-0.3, -0.25) is 19.6 Å². The van der Waals surface area contributed by atoms with Crippen LogP contribution >= 0.6 is 0 Å². The number of fused-ring (bicyclic) bond motifs is 1. The molecule has 44 heavy (non-hydrogen) atoms. The largest absolute Gasteiger partial charge is 0.481 e. The number of likely N-dealkylation sites (tertiary alicyclic amines) is 2. The molecule has 2 saturated heterocycles. The summed E-state index contributed by atoms with van der Waals surface area (Å²) in [5, 5.41) is 12.7. The summed E-state index contributed by atoms with van der Waals surface area (Å²) in [7, 11) is 1.78. The van der Waals surface area contributed by atoms with Gasteiger partial charge in [0.05, 0.1) is 30.2 Å². The number of aromatic nitrogens is 2. The number of nitrogens with zero attached hydrogens (tertiary/aromatic N) is 5. The first-order valence-electron chi connectivity index (χ1n) is 14.8. The van der Waals surface area contributed by atoms with Crippen molar-refractivity contribution in [2.45, 2.75) is 64.6 Å². The number of hydrogen-bond donors (Lipinski definition) is 2. The first kappa shape index (κ1) is 31.7. The van der Waals surface area contributed by atoms with Gasteiger partial charge in [-0.1, -0.05) is 12.1 Å². The maximum Gasteiger partial charge on any atom is 0.338 e. The maximum absolute atomic E-state index is 15.7. The number of nitrogens with one attached hydrogen (secondary N) is 1. The number of amidine groups is 1. The molecule has 2 aromatic rings. The number of rotatable bonds is 10. The minimum Gasteiger partial charge on any atom is -0.481 e. The summed E-state index contributed by atoms with van der Waals surface area (Å²) < 4.78 is 53.3. The third kappa shape index (κ3) is 5.86. The van der Waals surface area contributed by atoms with Gasteiger partial charge in [0, 0.05) is 44.3 Å². The van der Waals surface area contributed by atoms with Gasteiger partial charge < -0.3 is 19.7 Å². The third-order valence-corrected chi connectivity index (χ3v) is 9.01. The van der Waals surface area contributed by atoms with Crippen LogP contribution in [0.25, 0.3) is 0 Å². The zero-order chi connectivity index (χ0) is 32.0. The molecule has 3 aliphatic rings. The molecule has 0 saturated carbocycles. The van der Waals surface area contributed by atoms with Gasteiger partial charge in [-0.05, 0) is 64.3 Å². The third-order valence-electron chi connectivity index (χ3n) is 9.01. The predicted octanol–water partition coefficient (Wildman–Crippen LogP) is 3.67. The Morgan fingerprint density at radius 1 is 1.25 bits per heavy atom. The fourth-order valence-corrected chi connectivity index (χ4v) is 6.43. The average Bonchev–Trinajstić information content (AvgIpc) is 3.65. The van der Waals surface area contributed by atoms with Crippen molar-refractivity contribution in [3.05, 3.63) is 64.6 Å². The quantitative estimate of drug-likeness (QED) is 0.389. The van der Waals surface area contributed by atoms with E-state index in [2.05, 4.69) is 10.3 Å². The average molecular weight is 617 g/mol. The molecule has 3 aliphatic heterocycles. The Morgan fingerprint density at radius 2 is 2.00 bits per heavy atom. The number of carbonyl (C=O) groups is 2. The molecule has 0 radical (unpaired) electrons. The Bertz CT molecular complexity index is 1500. The lowest BCUT2D eigenvalue weighted by molar-refractivity contribution is -0.147. The summed E-state index contributed by atoms with van der Waals surface area (Å²) in [5.41, 5.74) is 0.195. The SMILES string of the molecule is CCOC(=O)C1=C(CN2CC(F)(F)[C@H]3[C@@H]2CCN3CCC(C)(C)C(=O)O)NC(c2nccn2C)=N[C@H]1c1cccc(F)c1C. The number of esters is 1. The molecule has 0 amide bonds. The van der Waals surface area contributed by atoms with E-state index in [1.165, 1.54) is 6.07 Å². The van der Waals surface area contributed by atoms with Crippen molar-refractivity contribution in [2.24, 2.45) is 17.5 Å². The van der Waals surface area contributed by atoms with Crippen LogP contribution in [-0.4, -0.2) is 93.0 Å². The van der Waals surface area contributed by atoms with Crippen LogP contribution in [0.2, 0.25) is 0 Å². The van der Waals surface area contributed by atoms with E-state index >= 15 is 8.78 Å². The fraction of sp³-hybridized carbons (Fsp3) is 0.548. The number of halogens is 3. The van der Waals surface area contributed by atoms with Gasteiger partial charge in [-0.2, -0.15) is 0 Å². The van der Waals surface area contributed by atoms with Gasteiger partial charge in [0.1, 0.15) is 11.9 Å². The number of carboxylic acid groups (broad SMARTS) is 1. The van der Waals surface area contributed by atoms with Gasteiger partial charge in [-0.25, -0.2) is 22.9 Å². The second kappa shape index (κ2) is 12.0. The monoisotopic (exact) mass is 616 g/mol. The lowest BCUT2D eigenvalue weighted by Gasteiger charge is -2.32. The minimum absolute atomic E-state index is 0.0341. The molecule has 5 rings (SSSR count). The lowest BCUT2D eigenvalue weighted by atomic mass is 9.89. The Hall–Kier alpha value is -3.71. The molecule has 10 nitrogen and oxygen atoms in total. The van der Waals surface area contributed by atoms with Crippen LogP contribution in [-0.2, 0) is 21.4 Å². The summed E-state index contributed by atoms with van der Waals surface area (Å²) in [4.78, 5) is 37.7. The zero-order valence-corrected chi connectivity index (χ0v) is 25.6. The molecule has 0 bridgehead atoms. The molecular weight excluding hydrogens is 577 g/mol. The molecule has 3 atom stereocenters. The predicted molar refractivity (Wildman–Crippen MR) is 157 cm³/mol. The van der Waals surface area contributed by atoms with Crippen molar-refractivity contribution in [1.29, 1.82) is 0 Å². The second-order valence-electron chi connectivity index (χ2n) is 12.4. The standard InChI is InChI=1S/C31H39F3N6O4/c1-6-44-28(41)23-21(16-40-17-31(33,34)25-22(40)10-13-39(25)14-11-30(3,4)29(42)43)36-26(27-35-12-15-38(27)5)37-24(23)19-8-7-9-20(32)18(19)2/h7-9,12,15,22,24-25H,6,10-11,13-14,16-17H2,1-5H3,(H,36,37)(H,42,43)/t22-,24-,25+/m0/s1. The number of aliphatic imine (C=N–C) groups is 1. The van der Waals surface area contributed by atoms with E-state index in [4.69, 9.17) is 9.73 Å². The summed E-state index contributed by atoms with van der Waals surface area (Å²) in [6, 6.07) is 1.98. The van der Waals surface area contributed by atoms with Crippen molar-refractivity contribution in [2.75, 3.05) is 32.8 Å². The second-order valence-corrected chi connectivity index (χ2v) is 12.4. The topological polar surface area (TPSA) is 112 Å². The van der Waals surface area contributed by atoms with Gasteiger partial charge >= 0.3 is 11.9 Å². The number of alkyl halides is 2. The first-order chi connectivity index (χ1) is 20.7. The van der Waals surface area contributed by atoms with E-state index in [1.807, 2.05) is 0 Å². The van der Waals surface area contributed by atoms with E-state index in [1.54, 1.807) is 73.6 Å². The highest BCUT2D eigenvalue weighted by Gasteiger charge is 2.59. The van der Waals surface area contributed by atoms with E-state index in [0.29, 0.717) is 41.4 Å². The van der Waals surface area contributed by atoms with Crippen molar-refractivity contribution in [3.8, 4) is 0 Å². The van der Waals surface area contributed by atoms with Crippen LogP contribution in [0.1, 0.15) is 56.6 Å². The number of carboxylic acids is 1. The van der Waals surface area contributed by atoms with Crippen LogP contribution < -0.4 is 5.32 Å². The zero-order valence-electron chi connectivity index (χ0n) is 25.6. The molecule has 13 heteroatoms. The number of ether oxygens (including phenoxy) is 1. The van der Waals surface area contributed by atoms with Gasteiger partial charge in [0.15, 0.2) is 11.7 Å². The molecule has 1 aromatic heterocycles. The van der Waals surface area contributed by atoms with Crippen molar-refractivity contribution < 1.29 is 32.6 Å². The van der Waals surface area contributed by atoms with Crippen molar-refractivity contribution in [1.82, 2.24) is 24.7 Å². The number of benzene rings is 1. The normalized spacial score (nSPS) is 23.8. The molecule has 238 valence electrons. The molecule has 0 spiro atoms. The van der Waals surface area contributed by atoms with Crippen LogP contribution in [0.15, 0.2) is 46.9 Å². The molecular formula is C31H39F3N6O4. The van der Waals surface area contributed by atoms with Crippen LogP contribution in [0.5, 0.6) is 0 Å². The van der Waals surface area contributed by atoms with Crippen molar-refractivity contribution >= 4 is 17.8 Å². The number of carbonyl (C=O) groups excluding carboxylic acids is 1. The molecule has 0 unspecified atom stereocenters. The minimum atomic E-state index is -3.07. The maximum atomic E-state index is 15.7. The van der Waals surface area contributed by atoms with Crippen LogP contribution in [0.3, 0.4) is 0 Å². The van der Waals surface area contributed by atoms with Crippen LogP contribution in [0, 0.1) is 18.2 Å². The smallest absolute Gasteiger partial charge is 0.338 e. The highest BCUT2D eigenvalue weighted by atomic mass is 19.3. The number of hydrogen-bond acceptors (Lipinski definition) is 8. The summed E-state index contributed by atoms with van der Waals surface area (Å²) in [5.74, 6) is -4.38. The van der Waals surface area contributed by atoms with E-state index in [9.17, 15) is 19.1 Å². The summed E-state index contributed by atoms with van der Waals surface area (Å²) in [6.45, 7) is 6.60. The van der Waals surface area contributed by atoms with Gasteiger partial charge in [-0.15, -0.1) is 0 Å².